The number of likely N-dealkylation sites (tertiary alicyclic amines) is 1. The average molecular weight is 273 g/mol. The van der Waals surface area contributed by atoms with Crippen LogP contribution in [-0.2, 0) is 14.3 Å². The van der Waals surface area contributed by atoms with E-state index in [0.29, 0.717) is 19.6 Å². The molecular weight excluding hydrogens is 250 g/mol. The first-order chi connectivity index (χ1) is 8.73. The number of carbonyl (C=O) groups is 2. The molecule has 2 atom stereocenters. The van der Waals surface area contributed by atoms with Crippen LogP contribution in [0.25, 0.3) is 0 Å². The standard InChI is InChI=1S/C13H23NO5/c1-13(2,3)19-12(17)14-7-9(6-11(15)16)5-10(14)8-18-4/h9-10H,5-8H2,1-4H3,(H,15,16). The van der Waals surface area contributed by atoms with E-state index in [1.54, 1.807) is 32.8 Å². The Hall–Kier alpha value is -1.30. The van der Waals surface area contributed by atoms with Crippen LogP contribution in [0.5, 0.6) is 0 Å². The first kappa shape index (κ1) is 15.8. The lowest BCUT2D eigenvalue weighted by Gasteiger charge is -2.28. The van der Waals surface area contributed by atoms with Gasteiger partial charge in [-0.25, -0.2) is 4.79 Å². The monoisotopic (exact) mass is 273 g/mol. The summed E-state index contributed by atoms with van der Waals surface area (Å²) in [4.78, 5) is 24.4. The van der Waals surface area contributed by atoms with Gasteiger partial charge < -0.3 is 19.5 Å². The van der Waals surface area contributed by atoms with Gasteiger partial charge in [-0.1, -0.05) is 0 Å². The Morgan fingerprint density at radius 1 is 1.37 bits per heavy atom. The van der Waals surface area contributed by atoms with Crippen molar-refractivity contribution in [1.29, 1.82) is 0 Å². The number of carbonyl (C=O) groups excluding carboxylic acids is 1. The molecule has 0 aromatic heterocycles. The molecular formula is C13H23NO5. The van der Waals surface area contributed by atoms with Gasteiger partial charge >= 0.3 is 12.1 Å². The van der Waals surface area contributed by atoms with E-state index in [9.17, 15) is 9.59 Å². The van der Waals surface area contributed by atoms with E-state index in [2.05, 4.69) is 0 Å². The number of methoxy groups -OCH3 is 1. The summed E-state index contributed by atoms with van der Waals surface area (Å²) in [5.74, 6) is -0.877. The lowest BCUT2D eigenvalue weighted by Crippen LogP contribution is -2.41. The summed E-state index contributed by atoms with van der Waals surface area (Å²) in [6.07, 6.45) is 0.307. The van der Waals surface area contributed by atoms with Crippen LogP contribution in [0.1, 0.15) is 33.6 Å². The molecule has 1 amide bonds. The maximum absolute atomic E-state index is 12.1. The maximum atomic E-state index is 12.1. The largest absolute Gasteiger partial charge is 0.481 e. The summed E-state index contributed by atoms with van der Waals surface area (Å²) in [5.41, 5.74) is -0.556. The molecule has 110 valence electrons. The molecule has 1 saturated heterocycles. The van der Waals surface area contributed by atoms with Gasteiger partial charge in [-0.05, 0) is 33.1 Å². The number of rotatable bonds is 4. The van der Waals surface area contributed by atoms with Crippen molar-refractivity contribution in [2.24, 2.45) is 5.92 Å². The van der Waals surface area contributed by atoms with Crippen LogP contribution in [0.3, 0.4) is 0 Å². The second-order valence-corrected chi connectivity index (χ2v) is 5.94. The summed E-state index contributed by atoms with van der Waals surface area (Å²) < 4.78 is 10.4. The minimum absolute atomic E-state index is 0.0369. The lowest BCUT2D eigenvalue weighted by molar-refractivity contribution is -0.138. The number of hydrogen-bond acceptors (Lipinski definition) is 4. The van der Waals surface area contributed by atoms with Crippen LogP contribution >= 0.6 is 0 Å². The van der Waals surface area contributed by atoms with Gasteiger partial charge in [0.05, 0.1) is 12.6 Å². The van der Waals surface area contributed by atoms with E-state index >= 15 is 0 Å². The molecule has 2 unspecified atom stereocenters. The predicted molar refractivity (Wildman–Crippen MR) is 69.0 cm³/mol. The first-order valence-corrected chi connectivity index (χ1v) is 6.43. The molecule has 6 nitrogen and oxygen atoms in total. The number of hydrogen-bond donors (Lipinski definition) is 1. The third-order valence-corrected chi connectivity index (χ3v) is 2.95. The minimum atomic E-state index is -0.841. The number of nitrogens with zero attached hydrogens (tertiary/aromatic N) is 1. The van der Waals surface area contributed by atoms with Gasteiger partial charge in [-0.15, -0.1) is 0 Å². The number of ether oxygens (including phenoxy) is 2. The molecule has 1 aliphatic rings. The van der Waals surface area contributed by atoms with Crippen molar-refractivity contribution in [1.82, 2.24) is 4.90 Å². The normalized spacial score (nSPS) is 23.5. The van der Waals surface area contributed by atoms with E-state index in [1.165, 1.54) is 0 Å². The predicted octanol–water partition coefficient (Wildman–Crippen LogP) is 1.73. The van der Waals surface area contributed by atoms with Crippen LogP contribution in [0, 0.1) is 5.92 Å². The highest BCUT2D eigenvalue weighted by atomic mass is 16.6. The summed E-state index contributed by atoms with van der Waals surface area (Å²) >= 11 is 0. The van der Waals surface area contributed by atoms with E-state index in [1.807, 2.05) is 0 Å². The van der Waals surface area contributed by atoms with Crippen molar-refractivity contribution < 1.29 is 24.2 Å². The summed E-state index contributed by atoms with van der Waals surface area (Å²) in [5, 5.41) is 8.84. The van der Waals surface area contributed by atoms with Gasteiger partial charge in [0.1, 0.15) is 5.60 Å². The van der Waals surface area contributed by atoms with Crippen LogP contribution < -0.4 is 0 Å². The molecule has 0 bridgehead atoms. The Kier molecular flexibility index (Phi) is 5.17. The Labute approximate surface area is 113 Å². The molecule has 1 rings (SSSR count). The molecule has 0 spiro atoms. The van der Waals surface area contributed by atoms with Gasteiger partial charge in [0.2, 0.25) is 0 Å². The van der Waals surface area contributed by atoms with Crippen molar-refractivity contribution in [3.05, 3.63) is 0 Å². The second kappa shape index (κ2) is 6.23. The highest BCUT2D eigenvalue weighted by molar-refractivity contribution is 5.70. The van der Waals surface area contributed by atoms with Crippen LogP contribution in [0.2, 0.25) is 0 Å². The fraction of sp³-hybridized carbons (Fsp3) is 0.846. The smallest absolute Gasteiger partial charge is 0.410 e. The zero-order valence-electron chi connectivity index (χ0n) is 12.0. The first-order valence-electron chi connectivity index (χ1n) is 6.43. The molecule has 0 aromatic rings. The summed E-state index contributed by atoms with van der Waals surface area (Å²) in [7, 11) is 1.57. The van der Waals surface area contributed by atoms with Gasteiger partial charge in [0, 0.05) is 20.1 Å². The molecule has 1 heterocycles. The molecule has 0 saturated carbocycles. The Bertz CT molecular complexity index is 336. The van der Waals surface area contributed by atoms with Gasteiger partial charge in [0.15, 0.2) is 0 Å². The summed E-state index contributed by atoms with van der Waals surface area (Å²) in [6, 6.07) is -0.107. The molecule has 1 N–H and O–H groups in total. The minimum Gasteiger partial charge on any atom is -0.481 e. The summed E-state index contributed by atoms with van der Waals surface area (Å²) in [6.45, 7) is 6.23. The molecule has 1 aliphatic heterocycles. The van der Waals surface area contributed by atoms with E-state index < -0.39 is 17.7 Å². The highest BCUT2D eigenvalue weighted by Crippen LogP contribution is 2.27. The highest BCUT2D eigenvalue weighted by Gasteiger charge is 2.38. The van der Waals surface area contributed by atoms with Crippen molar-refractivity contribution in [3.63, 3.8) is 0 Å². The molecule has 0 aliphatic carbocycles. The maximum Gasteiger partial charge on any atom is 0.410 e. The lowest BCUT2D eigenvalue weighted by atomic mass is 10.0. The van der Waals surface area contributed by atoms with Crippen LogP contribution in [-0.4, -0.2) is 54.0 Å². The third-order valence-electron chi connectivity index (χ3n) is 2.95. The molecule has 0 radical (unpaired) electrons. The molecule has 1 fully saturated rings. The topological polar surface area (TPSA) is 76.1 Å². The fourth-order valence-electron chi connectivity index (χ4n) is 2.30. The third kappa shape index (κ3) is 5.06. The van der Waals surface area contributed by atoms with Gasteiger partial charge in [-0.2, -0.15) is 0 Å². The van der Waals surface area contributed by atoms with E-state index in [4.69, 9.17) is 14.6 Å². The van der Waals surface area contributed by atoms with Gasteiger partial charge in [0.25, 0.3) is 0 Å². The number of carboxylic acid groups (broad SMARTS) is 1. The van der Waals surface area contributed by atoms with Crippen LogP contribution in [0.15, 0.2) is 0 Å². The van der Waals surface area contributed by atoms with Crippen molar-refractivity contribution >= 4 is 12.1 Å². The number of amides is 1. The number of aliphatic carboxylic acids is 1. The van der Waals surface area contributed by atoms with Crippen molar-refractivity contribution in [2.45, 2.75) is 45.3 Å². The second-order valence-electron chi connectivity index (χ2n) is 5.94. The van der Waals surface area contributed by atoms with Crippen molar-refractivity contribution in [3.8, 4) is 0 Å². The molecule has 19 heavy (non-hydrogen) atoms. The average Bonchev–Trinajstić information content (AvgIpc) is 2.58. The zero-order chi connectivity index (χ0) is 14.6. The molecule has 0 aromatic carbocycles. The Morgan fingerprint density at radius 2 is 2.00 bits per heavy atom. The van der Waals surface area contributed by atoms with Gasteiger partial charge in [-0.3, -0.25) is 4.79 Å². The van der Waals surface area contributed by atoms with Crippen LogP contribution in [0.4, 0.5) is 4.79 Å². The van der Waals surface area contributed by atoms with E-state index in [-0.39, 0.29) is 18.4 Å². The quantitative estimate of drug-likeness (QED) is 0.844. The van der Waals surface area contributed by atoms with Crippen molar-refractivity contribution in [2.75, 3.05) is 20.3 Å². The van der Waals surface area contributed by atoms with E-state index in [0.717, 1.165) is 0 Å². The zero-order valence-corrected chi connectivity index (χ0v) is 12.0. The number of carboxylic acids is 1. The Balaban J connectivity index is 2.67. The fourth-order valence-corrected chi connectivity index (χ4v) is 2.30. The SMILES string of the molecule is COCC1CC(CC(=O)O)CN1C(=O)OC(C)(C)C. The molecule has 6 heteroatoms. The Morgan fingerprint density at radius 3 is 2.47 bits per heavy atom.